The van der Waals surface area contributed by atoms with Crippen LogP contribution in [-0.2, 0) is 0 Å². The van der Waals surface area contributed by atoms with E-state index in [1.165, 1.54) is 5.56 Å². The van der Waals surface area contributed by atoms with E-state index in [1.54, 1.807) is 0 Å². The summed E-state index contributed by atoms with van der Waals surface area (Å²) in [7, 11) is 0. The number of aryl methyl sites for hydroxylation is 1. The number of allylic oxidation sites excluding steroid dienone is 1. The van der Waals surface area contributed by atoms with Crippen LogP contribution in [0.4, 0.5) is 0 Å². The van der Waals surface area contributed by atoms with Crippen molar-refractivity contribution in [3.63, 3.8) is 0 Å². The lowest BCUT2D eigenvalue weighted by atomic mass is 9.83. The molecular formula is C20H15BrN4O. The van der Waals surface area contributed by atoms with Crippen molar-refractivity contribution in [2.24, 2.45) is 5.73 Å². The second-order valence-corrected chi connectivity index (χ2v) is 6.98. The maximum atomic E-state index is 9.73. The molecule has 3 aromatic rings. The molecule has 3 N–H and O–H groups in total. The molecule has 128 valence electrons. The molecular weight excluding hydrogens is 392 g/mol. The largest absolute Gasteiger partial charge is 0.420 e. The van der Waals surface area contributed by atoms with Crippen LogP contribution in [0, 0.1) is 18.3 Å². The molecule has 0 bridgehead atoms. The Morgan fingerprint density at radius 1 is 1.19 bits per heavy atom. The average molecular weight is 407 g/mol. The summed E-state index contributed by atoms with van der Waals surface area (Å²) >= 11 is 3.59. The summed E-state index contributed by atoms with van der Waals surface area (Å²) in [6.45, 7) is 2.04. The van der Waals surface area contributed by atoms with Gasteiger partial charge in [-0.15, -0.1) is 5.10 Å². The molecule has 0 fully saturated rings. The molecule has 2 aromatic carbocycles. The Hall–Kier alpha value is -3.04. The Morgan fingerprint density at radius 3 is 2.62 bits per heavy atom. The molecule has 0 saturated heterocycles. The zero-order chi connectivity index (χ0) is 18.3. The number of hydrogen-bond acceptors (Lipinski definition) is 4. The highest BCUT2D eigenvalue weighted by molar-refractivity contribution is 9.10. The molecule has 1 aliphatic heterocycles. The third-order valence-electron chi connectivity index (χ3n) is 4.50. The topological polar surface area (TPSA) is 87.7 Å². The predicted octanol–water partition coefficient (Wildman–Crippen LogP) is 4.37. The number of nitrogens with two attached hydrogens (primary N) is 1. The lowest BCUT2D eigenvalue weighted by Crippen LogP contribution is -2.21. The maximum Gasteiger partial charge on any atom is 0.244 e. The van der Waals surface area contributed by atoms with Crippen LogP contribution in [0.1, 0.15) is 22.6 Å². The normalized spacial score (nSPS) is 16.0. The van der Waals surface area contributed by atoms with Crippen molar-refractivity contribution in [2.45, 2.75) is 12.8 Å². The number of benzene rings is 2. The van der Waals surface area contributed by atoms with Crippen molar-refractivity contribution in [3.05, 3.63) is 81.2 Å². The molecule has 2 heterocycles. The third-order valence-corrected chi connectivity index (χ3v) is 5.22. The van der Waals surface area contributed by atoms with Crippen molar-refractivity contribution in [3.8, 4) is 23.2 Å². The summed E-state index contributed by atoms with van der Waals surface area (Å²) in [5, 5.41) is 17.1. The van der Waals surface area contributed by atoms with E-state index < -0.39 is 0 Å². The molecule has 0 aliphatic carbocycles. The van der Waals surface area contributed by atoms with Gasteiger partial charge in [-0.05, 0) is 18.6 Å². The number of nitriles is 1. The van der Waals surface area contributed by atoms with E-state index in [1.807, 2.05) is 55.5 Å². The molecule has 26 heavy (non-hydrogen) atoms. The van der Waals surface area contributed by atoms with Gasteiger partial charge >= 0.3 is 0 Å². The lowest BCUT2D eigenvalue weighted by Gasteiger charge is -2.24. The van der Waals surface area contributed by atoms with Crippen molar-refractivity contribution in [1.82, 2.24) is 10.2 Å². The number of hydrogen-bond donors (Lipinski definition) is 2. The predicted molar refractivity (Wildman–Crippen MR) is 102 cm³/mol. The molecule has 5 nitrogen and oxygen atoms in total. The van der Waals surface area contributed by atoms with Crippen LogP contribution in [0.15, 0.2) is 64.5 Å². The first-order chi connectivity index (χ1) is 12.6. The summed E-state index contributed by atoms with van der Waals surface area (Å²) in [5.41, 5.74) is 11.1. The molecule has 0 amide bonds. The molecule has 0 spiro atoms. The van der Waals surface area contributed by atoms with E-state index in [-0.39, 0.29) is 11.8 Å². The van der Waals surface area contributed by atoms with E-state index in [9.17, 15) is 5.26 Å². The maximum absolute atomic E-state index is 9.73. The van der Waals surface area contributed by atoms with E-state index in [0.29, 0.717) is 11.5 Å². The first kappa shape index (κ1) is 16.4. The van der Waals surface area contributed by atoms with Crippen molar-refractivity contribution < 1.29 is 4.74 Å². The van der Waals surface area contributed by atoms with E-state index in [2.05, 4.69) is 32.2 Å². The number of fused-ring (bicyclic) bond motifs is 1. The van der Waals surface area contributed by atoms with E-state index in [0.717, 1.165) is 26.9 Å². The van der Waals surface area contributed by atoms with E-state index in [4.69, 9.17) is 10.5 Å². The van der Waals surface area contributed by atoms with Crippen LogP contribution < -0.4 is 10.5 Å². The fourth-order valence-electron chi connectivity index (χ4n) is 3.21. The number of aromatic amines is 1. The minimum Gasteiger partial charge on any atom is -0.420 e. The van der Waals surface area contributed by atoms with Crippen molar-refractivity contribution in [2.75, 3.05) is 0 Å². The highest BCUT2D eigenvalue weighted by atomic mass is 79.9. The van der Waals surface area contributed by atoms with Gasteiger partial charge in [0.15, 0.2) is 0 Å². The number of aromatic nitrogens is 2. The van der Waals surface area contributed by atoms with Gasteiger partial charge in [-0.2, -0.15) is 5.26 Å². The van der Waals surface area contributed by atoms with Crippen LogP contribution in [0.25, 0.3) is 11.3 Å². The quantitative estimate of drug-likeness (QED) is 0.661. The number of rotatable bonds is 2. The van der Waals surface area contributed by atoms with Gasteiger partial charge in [0.2, 0.25) is 11.8 Å². The zero-order valence-electron chi connectivity index (χ0n) is 14.0. The smallest absolute Gasteiger partial charge is 0.244 e. The molecule has 0 radical (unpaired) electrons. The summed E-state index contributed by atoms with van der Waals surface area (Å²) in [4.78, 5) is 0. The Labute approximate surface area is 159 Å². The molecule has 1 aromatic heterocycles. The van der Waals surface area contributed by atoms with Gasteiger partial charge < -0.3 is 10.5 Å². The fraction of sp³-hybridized carbons (Fsp3) is 0.100. The highest BCUT2D eigenvalue weighted by Gasteiger charge is 2.36. The molecule has 0 saturated carbocycles. The Balaban J connectivity index is 1.97. The molecule has 1 aliphatic rings. The van der Waals surface area contributed by atoms with Crippen LogP contribution >= 0.6 is 15.9 Å². The van der Waals surface area contributed by atoms with Gasteiger partial charge in [0, 0.05) is 10.0 Å². The minimum atomic E-state index is -0.366. The van der Waals surface area contributed by atoms with Gasteiger partial charge in [-0.25, -0.2) is 0 Å². The Morgan fingerprint density at radius 2 is 1.92 bits per heavy atom. The fourth-order valence-corrected chi connectivity index (χ4v) is 3.72. The average Bonchev–Trinajstić information content (AvgIpc) is 3.05. The Kier molecular flexibility index (Phi) is 4.02. The second kappa shape index (κ2) is 6.36. The van der Waals surface area contributed by atoms with Gasteiger partial charge in [0.05, 0.1) is 17.2 Å². The van der Waals surface area contributed by atoms with Crippen LogP contribution in [0.5, 0.6) is 5.88 Å². The third kappa shape index (κ3) is 2.57. The van der Waals surface area contributed by atoms with Gasteiger partial charge in [-0.3, -0.25) is 5.10 Å². The monoisotopic (exact) mass is 406 g/mol. The summed E-state index contributed by atoms with van der Waals surface area (Å²) in [5.74, 6) is 0.120. The molecule has 4 rings (SSSR count). The molecule has 6 heteroatoms. The zero-order valence-corrected chi connectivity index (χ0v) is 15.5. The van der Waals surface area contributed by atoms with Gasteiger partial charge in [0.25, 0.3) is 0 Å². The van der Waals surface area contributed by atoms with Crippen molar-refractivity contribution >= 4 is 15.9 Å². The number of ether oxygens (including phenoxy) is 1. The van der Waals surface area contributed by atoms with Crippen LogP contribution in [0.3, 0.4) is 0 Å². The summed E-state index contributed by atoms with van der Waals surface area (Å²) in [6, 6.07) is 18.1. The first-order valence-corrected chi connectivity index (χ1v) is 8.86. The first-order valence-electron chi connectivity index (χ1n) is 8.07. The Bertz CT molecular complexity index is 1060. The van der Waals surface area contributed by atoms with Crippen LogP contribution in [-0.4, -0.2) is 10.2 Å². The number of nitrogens with zero attached hydrogens (tertiary/aromatic N) is 2. The molecule has 0 unspecified atom stereocenters. The van der Waals surface area contributed by atoms with Gasteiger partial charge in [-0.1, -0.05) is 64.0 Å². The number of halogens is 1. The number of nitrogens with one attached hydrogen (secondary N) is 1. The lowest BCUT2D eigenvalue weighted by molar-refractivity contribution is 0.379. The highest BCUT2D eigenvalue weighted by Crippen LogP contribution is 2.47. The minimum absolute atomic E-state index is 0.0858. The summed E-state index contributed by atoms with van der Waals surface area (Å²) in [6.07, 6.45) is 0. The number of H-pyrrole nitrogens is 1. The van der Waals surface area contributed by atoms with Gasteiger partial charge in [0.1, 0.15) is 11.6 Å². The molecule has 1 atom stereocenters. The standard InChI is InChI=1S/C20H15BrN4O/c1-11-6-8-12(9-7-11)18-17-16(13-4-2-3-5-15(13)21)14(10-22)19(23)26-20(17)25-24-18/h2-9,16H,23H2,1H3,(H,24,25)/t16-/m1/s1. The summed E-state index contributed by atoms with van der Waals surface area (Å²) < 4.78 is 6.53. The van der Waals surface area contributed by atoms with E-state index >= 15 is 0 Å². The van der Waals surface area contributed by atoms with Crippen LogP contribution in [0.2, 0.25) is 0 Å². The SMILES string of the molecule is Cc1ccc(-c2[nH]nc3c2[C@H](c2ccccc2Br)C(C#N)=C(N)O3)cc1. The van der Waals surface area contributed by atoms with Crippen molar-refractivity contribution in [1.29, 1.82) is 5.26 Å². The second-order valence-electron chi connectivity index (χ2n) is 6.13.